The molecule has 5 nitrogen and oxygen atoms in total. The zero-order valence-electron chi connectivity index (χ0n) is 18.9. The molecule has 1 aliphatic heterocycles. The van der Waals surface area contributed by atoms with Gasteiger partial charge in [-0.2, -0.15) is 13.2 Å². The van der Waals surface area contributed by atoms with Crippen molar-refractivity contribution in [3.63, 3.8) is 0 Å². The minimum Gasteiger partial charge on any atom is -0.496 e. The highest BCUT2D eigenvalue weighted by Gasteiger charge is 2.51. The summed E-state index contributed by atoms with van der Waals surface area (Å²) in [5, 5.41) is 10.0. The van der Waals surface area contributed by atoms with E-state index >= 15 is 0 Å². The normalized spacial score (nSPS) is 24.2. The maximum Gasteiger partial charge on any atom is 0.450 e. The number of aromatic nitrogens is 2. The quantitative estimate of drug-likeness (QED) is 0.490. The fourth-order valence-corrected chi connectivity index (χ4v) is 5.44. The number of halogens is 4. The Balaban J connectivity index is 1.57. The number of nitrogens with zero attached hydrogens (tertiary/aromatic N) is 2. The molecule has 1 N–H and O–H groups in total. The molecule has 3 aromatic rings. The van der Waals surface area contributed by atoms with Gasteiger partial charge in [0.1, 0.15) is 11.6 Å². The van der Waals surface area contributed by atoms with Crippen LogP contribution in [0.5, 0.6) is 5.75 Å². The van der Waals surface area contributed by atoms with Gasteiger partial charge in [0.05, 0.1) is 19.3 Å². The Kier molecular flexibility index (Phi) is 5.93. The number of aliphatic hydroxyl groups is 1. The second kappa shape index (κ2) is 8.80. The maximum absolute atomic E-state index is 13.6. The summed E-state index contributed by atoms with van der Waals surface area (Å²) < 4.78 is 66.7. The Morgan fingerprint density at radius 2 is 1.97 bits per heavy atom. The molecule has 0 bridgehead atoms. The van der Waals surface area contributed by atoms with Crippen LogP contribution < -0.4 is 4.74 Å². The fourth-order valence-electron chi connectivity index (χ4n) is 5.44. The molecule has 1 aliphatic carbocycles. The van der Waals surface area contributed by atoms with E-state index in [1.54, 1.807) is 30.3 Å². The van der Waals surface area contributed by atoms with Gasteiger partial charge in [0.15, 0.2) is 0 Å². The molecule has 35 heavy (non-hydrogen) atoms. The molecule has 3 atom stereocenters. The molecule has 1 saturated carbocycles. The number of imidazole rings is 1. The lowest BCUT2D eigenvalue weighted by Crippen LogP contribution is -2.33. The second-order valence-electron chi connectivity index (χ2n) is 8.93. The molecular formula is C26H24F4N2O3. The van der Waals surface area contributed by atoms with Crippen molar-refractivity contribution in [3.05, 3.63) is 83.7 Å². The van der Waals surface area contributed by atoms with Gasteiger partial charge in [-0.25, -0.2) is 9.37 Å². The van der Waals surface area contributed by atoms with Crippen LogP contribution in [-0.4, -0.2) is 40.6 Å². The lowest BCUT2D eigenvalue weighted by Gasteiger charge is -2.32. The van der Waals surface area contributed by atoms with Crippen molar-refractivity contribution < 1.29 is 32.1 Å². The Morgan fingerprint density at radius 3 is 2.66 bits per heavy atom. The van der Waals surface area contributed by atoms with Crippen LogP contribution >= 0.6 is 0 Å². The van der Waals surface area contributed by atoms with E-state index in [0.29, 0.717) is 23.4 Å². The number of methoxy groups -OCH3 is 1. The molecule has 184 valence electrons. The average Bonchev–Trinajstić information content (AvgIpc) is 3.58. The monoisotopic (exact) mass is 488 g/mol. The van der Waals surface area contributed by atoms with Gasteiger partial charge in [0, 0.05) is 36.2 Å². The van der Waals surface area contributed by atoms with E-state index in [9.17, 15) is 22.7 Å². The van der Waals surface area contributed by atoms with Gasteiger partial charge in [-0.3, -0.25) is 4.57 Å². The molecule has 0 amide bonds. The molecule has 5 rings (SSSR count). The van der Waals surface area contributed by atoms with E-state index in [1.165, 1.54) is 25.4 Å². The Bertz CT molecular complexity index is 1250. The first-order valence-corrected chi connectivity index (χ1v) is 11.3. The van der Waals surface area contributed by atoms with Crippen LogP contribution in [0, 0.1) is 11.7 Å². The van der Waals surface area contributed by atoms with Crippen molar-refractivity contribution >= 4 is 5.57 Å². The summed E-state index contributed by atoms with van der Waals surface area (Å²) in [5.41, 5.74) is 1.85. The van der Waals surface area contributed by atoms with Crippen LogP contribution in [0.25, 0.3) is 11.3 Å². The molecule has 0 radical (unpaired) electrons. The van der Waals surface area contributed by atoms with E-state index in [2.05, 4.69) is 4.98 Å². The van der Waals surface area contributed by atoms with Gasteiger partial charge < -0.3 is 14.6 Å². The Hall–Kier alpha value is -3.17. The molecule has 2 aromatic carbocycles. The lowest BCUT2D eigenvalue weighted by molar-refractivity contribution is -0.145. The molecule has 1 spiro atoms. The summed E-state index contributed by atoms with van der Waals surface area (Å²) in [7, 11) is 1.50. The Morgan fingerprint density at radius 1 is 1.20 bits per heavy atom. The van der Waals surface area contributed by atoms with Gasteiger partial charge in [-0.1, -0.05) is 12.1 Å². The smallest absolute Gasteiger partial charge is 0.450 e. The summed E-state index contributed by atoms with van der Waals surface area (Å²) in [6.07, 6.45) is 1.16. The highest BCUT2D eigenvalue weighted by atomic mass is 19.4. The van der Waals surface area contributed by atoms with Gasteiger partial charge in [0.2, 0.25) is 5.82 Å². The molecule has 9 heteroatoms. The first kappa shape index (κ1) is 23.6. The number of alkyl halides is 3. The van der Waals surface area contributed by atoms with Gasteiger partial charge in [-0.05, 0) is 66.3 Å². The molecule has 2 heterocycles. The Labute approximate surface area is 199 Å². The highest BCUT2D eigenvalue weighted by Crippen LogP contribution is 2.54. The van der Waals surface area contributed by atoms with Gasteiger partial charge >= 0.3 is 6.18 Å². The van der Waals surface area contributed by atoms with Crippen molar-refractivity contribution in [1.29, 1.82) is 0 Å². The largest absolute Gasteiger partial charge is 0.496 e. The number of rotatable bonds is 5. The van der Waals surface area contributed by atoms with Crippen LogP contribution in [0.1, 0.15) is 35.7 Å². The molecule has 0 unspecified atom stereocenters. The summed E-state index contributed by atoms with van der Waals surface area (Å²) in [5.74, 6) is -1.11. The highest BCUT2D eigenvalue weighted by molar-refractivity contribution is 5.75. The van der Waals surface area contributed by atoms with Crippen LogP contribution in [0.3, 0.4) is 0 Å². The summed E-state index contributed by atoms with van der Waals surface area (Å²) >= 11 is 0. The maximum atomic E-state index is 13.6. The summed E-state index contributed by atoms with van der Waals surface area (Å²) in [6, 6.07) is 11.0. The minimum atomic E-state index is -4.60. The first-order chi connectivity index (χ1) is 16.8. The van der Waals surface area contributed by atoms with E-state index in [-0.39, 0.29) is 30.9 Å². The number of ether oxygens (including phenoxy) is 2. The molecular weight excluding hydrogens is 464 g/mol. The zero-order chi connectivity index (χ0) is 24.8. The molecule has 1 aromatic heterocycles. The number of aliphatic hydroxyl groups excluding tert-OH is 1. The topological polar surface area (TPSA) is 56.5 Å². The van der Waals surface area contributed by atoms with Crippen molar-refractivity contribution in [2.45, 2.75) is 30.5 Å². The van der Waals surface area contributed by atoms with Crippen molar-refractivity contribution in [2.24, 2.45) is 5.92 Å². The average molecular weight is 488 g/mol. The number of hydrogen-bond donors (Lipinski definition) is 1. The van der Waals surface area contributed by atoms with Crippen molar-refractivity contribution in [1.82, 2.24) is 9.55 Å². The molecule has 2 aliphatic rings. The van der Waals surface area contributed by atoms with Gasteiger partial charge in [-0.15, -0.1) is 0 Å². The summed E-state index contributed by atoms with van der Waals surface area (Å²) in [4.78, 5) is 3.48. The van der Waals surface area contributed by atoms with Crippen LogP contribution in [0.4, 0.5) is 17.6 Å². The standard InChI is InChI=1S/C26H24F4N2O3/c1-34-22-7-6-20(32-11-10-31-24(32)26(28,29)30)12-21(22)18-13-25(35-15-18)9-8-17(14-33)23(25)16-2-4-19(27)5-3-16/h2-7,10-13,17,23,33H,8-9,14-15H2,1H3/t17-,23-,25-/m1/s1. The SMILES string of the molecule is COc1ccc(-n2ccnc2C(F)(F)F)cc1C1=C[C@@]2(CC[C@H](CO)[C@H]2c2ccc(F)cc2)OC1. The van der Waals surface area contributed by atoms with Crippen LogP contribution in [0.2, 0.25) is 0 Å². The zero-order valence-corrected chi connectivity index (χ0v) is 18.9. The van der Waals surface area contributed by atoms with E-state index < -0.39 is 17.6 Å². The number of hydrogen-bond acceptors (Lipinski definition) is 4. The predicted octanol–water partition coefficient (Wildman–Crippen LogP) is 5.38. The third kappa shape index (κ3) is 4.12. The minimum absolute atomic E-state index is 0.0318. The molecule has 0 saturated heterocycles. The number of benzene rings is 2. The van der Waals surface area contributed by atoms with Crippen LogP contribution in [-0.2, 0) is 10.9 Å². The lowest BCUT2D eigenvalue weighted by atomic mass is 9.80. The molecule has 1 fully saturated rings. The van der Waals surface area contributed by atoms with Gasteiger partial charge in [0.25, 0.3) is 0 Å². The van der Waals surface area contributed by atoms with E-state index in [4.69, 9.17) is 9.47 Å². The van der Waals surface area contributed by atoms with Crippen molar-refractivity contribution in [3.8, 4) is 11.4 Å². The van der Waals surface area contributed by atoms with E-state index in [1.807, 2.05) is 6.08 Å². The third-order valence-electron chi connectivity index (χ3n) is 6.98. The summed E-state index contributed by atoms with van der Waals surface area (Å²) in [6.45, 7) is 0.196. The fraction of sp³-hybridized carbons (Fsp3) is 0.346. The first-order valence-electron chi connectivity index (χ1n) is 11.3. The second-order valence-corrected chi connectivity index (χ2v) is 8.93. The third-order valence-corrected chi connectivity index (χ3v) is 6.98. The van der Waals surface area contributed by atoms with Crippen LogP contribution in [0.15, 0.2) is 60.9 Å². The van der Waals surface area contributed by atoms with Crippen molar-refractivity contribution in [2.75, 3.05) is 20.3 Å². The van der Waals surface area contributed by atoms with E-state index in [0.717, 1.165) is 28.3 Å². The predicted molar refractivity (Wildman–Crippen MR) is 121 cm³/mol.